The number of carbonyl (C=O) groups excluding carboxylic acids is 1. The second-order valence-electron chi connectivity index (χ2n) is 5.53. The highest BCUT2D eigenvalue weighted by molar-refractivity contribution is 5.73. The van der Waals surface area contributed by atoms with Crippen LogP contribution in [0.4, 0.5) is 4.79 Å². The van der Waals surface area contributed by atoms with Gasteiger partial charge in [0.1, 0.15) is 12.2 Å². The molecule has 1 fully saturated rings. The third kappa shape index (κ3) is 4.73. The van der Waals surface area contributed by atoms with E-state index in [-0.39, 0.29) is 19.1 Å². The molecule has 2 unspecified atom stereocenters. The van der Waals surface area contributed by atoms with Crippen molar-refractivity contribution in [3.8, 4) is 0 Å². The van der Waals surface area contributed by atoms with Crippen LogP contribution in [0.3, 0.4) is 0 Å². The van der Waals surface area contributed by atoms with Crippen molar-refractivity contribution in [1.82, 2.24) is 25.6 Å². The lowest BCUT2D eigenvalue weighted by Gasteiger charge is -2.15. The normalized spacial score (nSPS) is 21.2. The Morgan fingerprint density at radius 2 is 2.24 bits per heavy atom. The van der Waals surface area contributed by atoms with Crippen molar-refractivity contribution in [2.75, 3.05) is 6.54 Å². The molecule has 2 amide bonds. The number of aliphatic carboxylic acids is 1. The number of carboxylic acids is 1. The van der Waals surface area contributed by atoms with Gasteiger partial charge in [0, 0.05) is 6.54 Å². The molecule has 21 heavy (non-hydrogen) atoms. The summed E-state index contributed by atoms with van der Waals surface area (Å²) in [6.07, 6.45) is 5.15. The van der Waals surface area contributed by atoms with Gasteiger partial charge in [-0.25, -0.2) is 9.48 Å². The van der Waals surface area contributed by atoms with E-state index in [0.717, 1.165) is 0 Å². The summed E-state index contributed by atoms with van der Waals surface area (Å²) in [5.74, 6) is 0.247. The van der Waals surface area contributed by atoms with Crippen LogP contribution in [0.15, 0.2) is 6.20 Å². The van der Waals surface area contributed by atoms with Gasteiger partial charge in [0.15, 0.2) is 0 Å². The van der Waals surface area contributed by atoms with Crippen LogP contribution in [0, 0.1) is 11.8 Å². The molecule has 8 heteroatoms. The summed E-state index contributed by atoms with van der Waals surface area (Å²) in [6, 6.07) is -0.234. The number of carbonyl (C=O) groups is 2. The summed E-state index contributed by atoms with van der Waals surface area (Å²) in [5.41, 5.74) is 0.528. The second kappa shape index (κ2) is 7.05. The van der Waals surface area contributed by atoms with Crippen LogP contribution in [-0.4, -0.2) is 38.6 Å². The molecule has 3 N–H and O–H groups in total. The monoisotopic (exact) mass is 295 g/mol. The zero-order valence-corrected chi connectivity index (χ0v) is 12.1. The van der Waals surface area contributed by atoms with Gasteiger partial charge in [-0.2, -0.15) is 0 Å². The Balaban J connectivity index is 1.68. The zero-order chi connectivity index (χ0) is 15.2. The van der Waals surface area contributed by atoms with Gasteiger partial charge in [-0.05, 0) is 18.3 Å². The Morgan fingerprint density at radius 3 is 2.90 bits per heavy atom. The first-order valence-corrected chi connectivity index (χ1v) is 7.17. The Labute approximate surface area is 122 Å². The van der Waals surface area contributed by atoms with Crippen LogP contribution in [0.25, 0.3) is 0 Å². The van der Waals surface area contributed by atoms with Gasteiger partial charge in [-0.15, -0.1) is 5.10 Å². The molecule has 2 rings (SSSR count). The van der Waals surface area contributed by atoms with Gasteiger partial charge in [-0.1, -0.05) is 25.0 Å². The largest absolute Gasteiger partial charge is 0.480 e. The zero-order valence-electron chi connectivity index (χ0n) is 12.1. The molecule has 1 saturated carbocycles. The number of rotatable bonds is 6. The number of amides is 2. The molecular formula is C13H21N5O3. The lowest BCUT2D eigenvalue weighted by Crippen LogP contribution is -2.38. The van der Waals surface area contributed by atoms with E-state index in [4.69, 9.17) is 5.11 Å². The summed E-state index contributed by atoms with van der Waals surface area (Å²) in [6.45, 7) is 2.90. The predicted molar refractivity (Wildman–Crippen MR) is 74.4 cm³/mol. The average Bonchev–Trinajstić information content (AvgIpc) is 3.02. The summed E-state index contributed by atoms with van der Waals surface area (Å²) >= 11 is 0. The van der Waals surface area contributed by atoms with E-state index >= 15 is 0 Å². The molecule has 2 atom stereocenters. The third-order valence-corrected chi connectivity index (χ3v) is 3.88. The maximum Gasteiger partial charge on any atom is 0.325 e. The summed E-state index contributed by atoms with van der Waals surface area (Å²) in [4.78, 5) is 22.2. The molecule has 1 aliphatic carbocycles. The van der Waals surface area contributed by atoms with E-state index in [2.05, 4.69) is 27.9 Å². The Hall–Kier alpha value is -2.12. The molecule has 0 spiro atoms. The molecule has 0 saturated heterocycles. The van der Waals surface area contributed by atoms with Crippen molar-refractivity contribution >= 4 is 12.0 Å². The van der Waals surface area contributed by atoms with Crippen molar-refractivity contribution in [3.05, 3.63) is 11.9 Å². The van der Waals surface area contributed by atoms with Gasteiger partial charge in [0.25, 0.3) is 0 Å². The van der Waals surface area contributed by atoms with E-state index in [0.29, 0.717) is 24.1 Å². The van der Waals surface area contributed by atoms with E-state index in [1.54, 1.807) is 0 Å². The topological polar surface area (TPSA) is 109 Å². The van der Waals surface area contributed by atoms with Crippen molar-refractivity contribution in [1.29, 1.82) is 0 Å². The van der Waals surface area contributed by atoms with Gasteiger partial charge in [-0.3, -0.25) is 4.79 Å². The van der Waals surface area contributed by atoms with Crippen molar-refractivity contribution < 1.29 is 14.7 Å². The van der Waals surface area contributed by atoms with Crippen molar-refractivity contribution in [2.24, 2.45) is 11.8 Å². The SMILES string of the molecule is CC1CCCC1CNC(=O)NCc1cn(CC(=O)O)nn1. The summed E-state index contributed by atoms with van der Waals surface area (Å²) in [5, 5.41) is 21.6. The fraction of sp³-hybridized carbons (Fsp3) is 0.692. The van der Waals surface area contributed by atoms with E-state index in [9.17, 15) is 9.59 Å². The van der Waals surface area contributed by atoms with E-state index < -0.39 is 5.97 Å². The predicted octanol–water partition coefficient (Wildman–Crippen LogP) is 0.598. The number of aromatic nitrogens is 3. The molecule has 1 heterocycles. The quantitative estimate of drug-likeness (QED) is 0.712. The number of urea groups is 1. The minimum absolute atomic E-state index is 0.228. The molecule has 1 aliphatic rings. The molecule has 0 aromatic carbocycles. The molecule has 0 radical (unpaired) electrons. The van der Waals surface area contributed by atoms with Gasteiger partial charge in [0.05, 0.1) is 12.7 Å². The van der Waals surface area contributed by atoms with E-state index in [1.807, 2.05) is 0 Å². The van der Waals surface area contributed by atoms with Crippen molar-refractivity contribution in [3.63, 3.8) is 0 Å². The molecule has 116 valence electrons. The standard InChI is InChI=1S/C13H21N5O3/c1-9-3-2-4-10(9)5-14-13(21)15-6-11-7-18(17-16-11)8-12(19)20/h7,9-10H,2-6,8H2,1H3,(H,19,20)(H2,14,15,21). The minimum Gasteiger partial charge on any atom is -0.480 e. The van der Waals surface area contributed by atoms with Crippen LogP contribution in [0.1, 0.15) is 31.9 Å². The van der Waals surface area contributed by atoms with Crippen LogP contribution in [0.2, 0.25) is 0 Å². The fourth-order valence-corrected chi connectivity index (χ4v) is 2.62. The molecule has 0 bridgehead atoms. The number of nitrogens with zero attached hydrogens (tertiary/aromatic N) is 3. The molecule has 0 aliphatic heterocycles. The van der Waals surface area contributed by atoms with Crippen LogP contribution < -0.4 is 10.6 Å². The average molecular weight is 295 g/mol. The number of nitrogens with one attached hydrogen (secondary N) is 2. The third-order valence-electron chi connectivity index (χ3n) is 3.88. The number of hydrogen-bond acceptors (Lipinski definition) is 4. The number of hydrogen-bond donors (Lipinski definition) is 3. The highest BCUT2D eigenvalue weighted by Gasteiger charge is 2.23. The fourth-order valence-electron chi connectivity index (χ4n) is 2.62. The second-order valence-corrected chi connectivity index (χ2v) is 5.53. The van der Waals surface area contributed by atoms with Gasteiger partial charge in [0.2, 0.25) is 0 Å². The van der Waals surface area contributed by atoms with Gasteiger partial charge < -0.3 is 15.7 Å². The number of carboxylic acid groups (broad SMARTS) is 1. The lowest BCUT2D eigenvalue weighted by molar-refractivity contribution is -0.137. The molecule has 1 aromatic rings. The molecule has 1 aromatic heterocycles. The molecule has 8 nitrogen and oxygen atoms in total. The van der Waals surface area contributed by atoms with Crippen LogP contribution in [-0.2, 0) is 17.9 Å². The first kappa shape index (κ1) is 15.3. The smallest absolute Gasteiger partial charge is 0.325 e. The minimum atomic E-state index is -0.983. The highest BCUT2D eigenvalue weighted by Crippen LogP contribution is 2.30. The Bertz CT molecular complexity index is 502. The maximum absolute atomic E-state index is 11.7. The lowest BCUT2D eigenvalue weighted by atomic mass is 9.98. The Kier molecular flexibility index (Phi) is 5.13. The maximum atomic E-state index is 11.7. The first-order valence-electron chi connectivity index (χ1n) is 7.17. The van der Waals surface area contributed by atoms with Crippen LogP contribution >= 0.6 is 0 Å². The Morgan fingerprint density at radius 1 is 1.43 bits per heavy atom. The molecular weight excluding hydrogens is 274 g/mol. The summed E-state index contributed by atoms with van der Waals surface area (Å²) in [7, 11) is 0. The highest BCUT2D eigenvalue weighted by atomic mass is 16.4. The van der Waals surface area contributed by atoms with Crippen molar-refractivity contribution in [2.45, 2.75) is 39.3 Å². The van der Waals surface area contributed by atoms with E-state index in [1.165, 1.54) is 30.1 Å². The van der Waals surface area contributed by atoms with Gasteiger partial charge >= 0.3 is 12.0 Å². The first-order chi connectivity index (χ1) is 10.0. The summed E-state index contributed by atoms with van der Waals surface area (Å²) < 4.78 is 1.22. The van der Waals surface area contributed by atoms with Crippen LogP contribution in [0.5, 0.6) is 0 Å².